The first-order valence-electron chi connectivity index (χ1n) is 4.34. The summed E-state index contributed by atoms with van der Waals surface area (Å²) in [4.78, 5) is 19.2. The van der Waals surface area contributed by atoms with Crippen LogP contribution in [0.5, 0.6) is 0 Å². The topological polar surface area (TPSA) is 52.6 Å². The SMILES string of the molecule is C=CCOCC(C)OC(C)=O.CC=O. The molecule has 0 aromatic carbocycles. The van der Waals surface area contributed by atoms with Crippen LogP contribution in [-0.4, -0.2) is 31.6 Å². The molecule has 0 fully saturated rings. The molecule has 0 bridgehead atoms. The maximum absolute atomic E-state index is 10.4. The monoisotopic (exact) mass is 202 g/mol. The fourth-order valence-electron chi connectivity index (χ4n) is 0.635. The molecule has 4 nitrogen and oxygen atoms in total. The van der Waals surface area contributed by atoms with E-state index in [1.54, 1.807) is 13.0 Å². The molecule has 14 heavy (non-hydrogen) atoms. The Kier molecular flexibility index (Phi) is 13.0. The van der Waals surface area contributed by atoms with Crippen molar-refractivity contribution in [2.75, 3.05) is 13.2 Å². The molecule has 1 unspecified atom stereocenters. The zero-order chi connectivity index (χ0) is 11.4. The van der Waals surface area contributed by atoms with Gasteiger partial charge in [-0.25, -0.2) is 0 Å². The highest BCUT2D eigenvalue weighted by molar-refractivity contribution is 5.66. The van der Waals surface area contributed by atoms with E-state index in [0.29, 0.717) is 13.2 Å². The van der Waals surface area contributed by atoms with Crippen LogP contribution in [0, 0.1) is 0 Å². The second kappa shape index (κ2) is 11.8. The molecular formula is C10H18O4. The van der Waals surface area contributed by atoms with E-state index in [4.69, 9.17) is 14.3 Å². The Hall–Kier alpha value is -1.16. The minimum atomic E-state index is -0.278. The Morgan fingerprint density at radius 1 is 1.57 bits per heavy atom. The van der Waals surface area contributed by atoms with Crippen molar-refractivity contribution < 1.29 is 19.1 Å². The fraction of sp³-hybridized carbons (Fsp3) is 0.600. The first kappa shape index (κ1) is 15.3. The third kappa shape index (κ3) is 17.1. The van der Waals surface area contributed by atoms with Crippen LogP contribution >= 0.6 is 0 Å². The zero-order valence-electron chi connectivity index (χ0n) is 8.99. The number of carbonyl (C=O) groups is 2. The first-order chi connectivity index (χ1) is 6.58. The molecular weight excluding hydrogens is 184 g/mol. The molecule has 0 saturated heterocycles. The predicted octanol–water partition coefficient (Wildman–Crippen LogP) is 1.35. The van der Waals surface area contributed by atoms with Crippen molar-refractivity contribution in [1.82, 2.24) is 0 Å². The van der Waals surface area contributed by atoms with Crippen molar-refractivity contribution in [2.45, 2.75) is 26.9 Å². The largest absolute Gasteiger partial charge is 0.460 e. The van der Waals surface area contributed by atoms with Crippen LogP contribution < -0.4 is 0 Å². The Morgan fingerprint density at radius 2 is 2.07 bits per heavy atom. The molecule has 0 radical (unpaired) electrons. The number of carbonyl (C=O) groups excluding carboxylic acids is 2. The quantitative estimate of drug-likeness (QED) is 0.292. The van der Waals surface area contributed by atoms with E-state index in [9.17, 15) is 4.79 Å². The molecule has 82 valence electrons. The summed E-state index contributed by atoms with van der Waals surface area (Å²) in [6.45, 7) is 9.01. The summed E-state index contributed by atoms with van der Waals surface area (Å²) >= 11 is 0. The smallest absolute Gasteiger partial charge is 0.302 e. The summed E-state index contributed by atoms with van der Waals surface area (Å²) < 4.78 is 9.85. The molecule has 0 amide bonds. The van der Waals surface area contributed by atoms with Crippen LogP contribution in [0.25, 0.3) is 0 Å². The molecule has 0 N–H and O–H groups in total. The lowest BCUT2D eigenvalue weighted by atomic mass is 10.4. The van der Waals surface area contributed by atoms with Gasteiger partial charge in [0.15, 0.2) is 0 Å². The molecule has 0 saturated carbocycles. The molecule has 0 aliphatic rings. The Labute approximate surface area is 84.9 Å². The first-order valence-corrected chi connectivity index (χ1v) is 4.34. The van der Waals surface area contributed by atoms with Crippen molar-refractivity contribution in [1.29, 1.82) is 0 Å². The van der Waals surface area contributed by atoms with Gasteiger partial charge in [-0.2, -0.15) is 0 Å². The maximum Gasteiger partial charge on any atom is 0.302 e. The van der Waals surface area contributed by atoms with Gasteiger partial charge in [-0.05, 0) is 13.8 Å². The Balaban J connectivity index is 0. The minimum Gasteiger partial charge on any atom is -0.460 e. The molecule has 4 heteroatoms. The summed E-state index contributed by atoms with van der Waals surface area (Å²) in [6, 6.07) is 0. The summed E-state index contributed by atoms with van der Waals surface area (Å²) in [5, 5.41) is 0. The van der Waals surface area contributed by atoms with E-state index >= 15 is 0 Å². The highest BCUT2D eigenvalue weighted by atomic mass is 16.6. The fourth-order valence-corrected chi connectivity index (χ4v) is 0.635. The highest BCUT2D eigenvalue weighted by Gasteiger charge is 2.03. The molecule has 1 atom stereocenters. The number of hydrogen-bond donors (Lipinski definition) is 0. The van der Waals surface area contributed by atoms with E-state index < -0.39 is 0 Å². The number of esters is 1. The van der Waals surface area contributed by atoms with E-state index in [1.807, 2.05) is 0 Å². The molecule has 0 aliphatic carbocycles. The summed E-state index contributed by atoms with van der Waals surface area (Å²) in [5.41, 5.74) is 0. The number of aldehydes is 1. The van der Waals surface area contributed by atoms with Crippen molar-refractivity contribution in [3.8, 4) is 0 Å². The van der Waals surface area contributed by atoms with Gasteiger partial charge in [0.1, 0.15) is 12.4 Å². The van der Waals surface area contributed by atoms with Crippen molar-refractivity contribution in [2.24, 2.45) is 0 Å². The summed E-state index contributed by atoms with van der Waals surface area (Å²) in [7, 11) is 0. The van der Waals surface area contributed by atoms with Gasteiger partial charge in [-0.3, -0.25) is 4.79 Å². The molecule has 0 aliphatic heterocycles. The van der Waals surface area contributed by atoms with Crippen LogP contribution in [0.2, 0.25) is 0 Å². The lowest BCUT2D eigenvalue weighted by Crippen LogP contribution is -2.18. The standard InChI is InChI=1S/C8H14O3.C2H4O/c1-4-5-10-6-7(2)11-8(3)9;1-2-3/h4,7H,1,5-6H2,2-3H3;2H,1H3. The van der Waals surface area contributed by atoms with Crippen LogP contribution in [0.1, 0.15) is 20.8 Å². The van der Waals surface area contributed by atoms with E-state index in [1.165, 1.54) is 13.8 Å². The van der Waals surface area contributed by atoms with Crippen molar-refractivity contribution >= 4 is 12.3 Å². The van der Waals surface area contributed by atoms with Crippen molar-refractivity contribution in [3.63, 3.8) is 0 Å². The van der Waals surface area contributed by atoms with E-state index in [0.717, 1.165) is 6.29 Å². The average Bonchev–Trinajstić information content (AvgIpc) is 2.04. The lowest BCUT2D eigenvalue weighted by molar-refractivity contribution is -0.148. The van der Waals surface area contributed by atoms with Crippen LogP contribution in [0.3, 0.4) is 0 Å². The van der Waals surface area contributed by atoms with Crippen LogP contribution in [-0.2, 0) is 19.1 Å². The van der Waals surface area contributed by atoms with E-state index in [-0.39, 0.29) is 12.1 Å². The second-order valence-corrected chi connectivity index (χ2v) is 2.48. The van der Waals surface area contributed by atoms with Gasteiger partial charge < -0.3 is 14.3 Å². The molecule has 0 aromatic rings. The van der Waals surface area contributed by atoms with Gasteiger partial charge in [-0.1, -0.05) is 6.08 Å². The summed E-state index contributed by atoms with van der Waals surface area (Å²) in [6.07, 6.45) is 2.23. The van der Waals surface area contributed by atoms with Gasteiger partial charge in [0, 0.05) is 6.92 Å². The van der Waals surface area contributed by atoms with Gasteiger partial charge in [0.25, 0.3) is 0 Å². The highest BCUT2D eigenvalue weighted by Crippen LogP contribution is 1.92. The number of rotatable bonds is 5. The molecule has 0 spiro atoms. The average molecular weight is 202 g/mol. The predicted molar refractivity (Wildman–Crippen MR) is 54.0 cm³/mol. The zero-order valence-corrected chi connectivity index (χ0v) is 8.99. The van der Waals surface area contributed by atoms with Gasteiger partial charge in [0.2, 0.25) is 0 Å². The van der Waals surface area contributed by atoms with Gasteiger partial charge in [0.05, 0.1) is 13.2 Å². The molecule has 0 rings (SSSR count). The maximum atomic E-state index is 10.4. The lowest BCUT2D eigenvalue weighted by Gasteiger charge is -2.10. The molecule has 0 heterocycles. The second-order valence-electron chi connectivity index (χ2n) is 2.48. The van der Waals surface area contributed by atoms with Gasteiger partial charge >= 0.3 is 5.97 Å². The van der Waals surface area contributed by atoms with Crippen LogP contribution in [0.15, 0.2) is 12.7 Å². The van der Waals surface area contributed by atoms with Crippen molar-refractivity contribution in [3.05, 3.63) is 12.7 Å². The third-order valence-corrected chi connectivity index (χ3v) is 0.955. The number of hydrogen-bond acceptors (Lipinski definition) is 4. The van der Waals surface area contributed by atoms with Crippen LogP contribution in [0.4, 0.5) is 0 Å². The summed E-state index contributed by atoms with van der Waals surface area (Å²) in [5.74, 6) is -0.278. The Morgan fingerprint density at radius 3 is 2.43 bits per heavy atom. The van der Waals surface area contributed by atoms with Gasteiger partial charge in [-0.15, -0.1) is 6.58 Å². The molecule has 0 aromatic heterocycles. The number of ether oxygens (including phenoxy) is 2. The third-order valence-electron chi connectivity index (χ3n) is 0.955. The normalized spacial score (nSPS) is 10.5. The van der Waals surface area contributed by atoms with E-state index in [2.05, 4.69) is 6.58 Å². The Bertz CT molecular complexity index is 166. The minimum absolute atomic E-state index is 0.174.